The second-order valence-electron chi connectivity index (χ2n) is 8.01. The molecule has 3 aromatic rings. The Hall–Kier alpha value is -2.34. The van der Waals surface area contributed by atoms with Crippen LogP contribution in [0.15, 0.2) is 56.1 Å². The molecule has 1 unspecified atom stereocenters. The lowest BCUT2D eigenvalue weighted by molar-refractivity contribution is 0.213. The molecule has 1 aromatic carbocycles. The minimum atomic E-state index is -3.62. The highest BCUT2D eigenvalue weighted by molar-refractivity contribution is 8.15. The van der Waals surface area contributed by atoms with E-state index in [2.05, 4.69) is 10.1 Å². The van der Waals surface area contributed by atoms with Crippen molar-refractivity contribution in [3.05, 3.63) is 47.5 Å². The van der Waals surface area contributed by atoms with Gasteiger partial charge in [-0.15, -0.1) is 11.3 Å². The molecule has 0 aliphatic carbocycles. The molecule has 0 bridgehead atoms. The SMILES string of the molecule is CN(c1cccc2cc(C3=NCC(CC4=NN(CCO)CC4)S3)[nH]c12)S(=O)(=O)c1cccs1. The highest BCUT2D eigenvalue weighted by Crippen LogP contribution is 2.34. The molecule has 0 saturated carbocycles. The third-order valence-corrected chi connectivity index (χ3v) is 10.2. The van der Waals surface area contributed by atoms with Gasteiger partial charge in [-0.2, -0.15) is 5.10 Å². The molecule has 8 nitrogen and oxygen atoms in total. The molecule has 33 heavy (non-hydrogen) atoms. The second-order valence-corrected chi connectivity index (χ2v) is 12.4. The van der Waals surface area contributed by atoms with E-state index in [1.54, 1.807) is 36.3 Å². The number of sulfonamides is 1. The zero-order chi connectivity index (χ0) is 23.0. The zero-order valence-electron chi connectivity index (χ0n) is 18.1. The van der Waals surface area contributed by atoms with E-state index in [-0.39, 0.29) is 6.61 Å². The number of hydrogen-bond acceptors (Lipinski definition) is 8. The van der Waals surface area contributed by atoms with E-state index < -0.39 is 10.0 Å². The fraction of sp³-hybridized carbons (Fsp3) is 0.364. The van der Waals surface area contributed by atoms with Gasteiger partial charge in [0.15, 0.2) is 0 Å². The third kappa shape index (κ3) is 4.42. The monoisotopic (exact) mass is 503 g/mol. The van der Waals surface area contributed by atoms with E-state index in [9.17, 15) is 8.42 Å². The second kappa shape index (κ2) is 9.13. The number of aliphatic hydroxyl groups excluding tert-OH is 1. The maximum atomic E-state index is 13.0. The molecule has 11 heteroatoms. The number of thioether (sulfide) groups is 1. The summed E-state index contributed by atoms with van der Waals surface area (Å²) < 4.78 is 27.7. The number of nitrogens with one attached hydrogen (secondary N) is 1. The number of hydrazone groups is 1. The maximum Gasteiger partial charge on any atom is 0.273 e. The van der Waals surface area contributed by atoms with Gasteiger partial charge >= 0.3 is 0 Å². The Kier molecular flexibility index (Phi) is 6.21. The van der Waals surface area contributed by atoms with Crippen molar-refractivity contribution in [1.29, 1.82) is 0 Å². The highest BCUT2D eigenvalue weighted by Gasteiger charge is 2.27. The van der Waals surface area contributed by atoms with Crippen LogP contribution in [-0.4, -0.2) is 72.8 Å². The summed E-state index contributed by atoms with van der Waals surface area (Å²) in [6, 6.07) is 11.1. The van der Waals surface area contributed by atoms with E-state index in [0.29, 0.717) is 21.7 Å². The number of aliphatic imine (C=N–C) groups is 1. The standard InChI is InChI=1S/C22H25N5O3S3/c1-26(33(29,30)20-6-3-11-31-20)19-5-2-4-15-12-18(24-21(15)19)22-23-14-17(32-22)13-16-7-8-27(25-16)9-10-28/h2-6,11-12,17,24,28H,7-10,13-14H2,1H3. The molecule has 2 N–H and O–H groups in total. The average molecular weight is 504 g/mol. The number of aromatic nitrogens is 1. The minimum Gasteiger partial charge on any atom is -0.394 e. The summed E-state index contributed by atoms with van der Waals surface area (Å²) in [5, 5.41) is 19.6. The molecule has 0 fully saturated rings. The molecule has 2 aliphatic rings. The van der Waals surface area contributed by atoms with E-state index >= 15 is 0 Å². The molecule has 5 rings (SSSR count). The molecule has 0 amide bonds. The number of thiophene rings is 1. The highest BCUT2D eigenvalue weighted by atomic mass is 32.2. The molecular formula is C22H25N5O3S3. The molecule has 4 heterocycles. The summed E-state index contributed by atoms with van der Waals surface area (Å²) in [4.78, 5) is 8.18. The number of hydrogen-bond donors (Lipinski definition) is 2. The van der Waals surface area contributed by atoms with Crippen molar-refractivity contribution in [2.45, 2.75) is 22.3 Å². The Morgan fingerprint density at radius 1 is 1.30 bits per heavy atom. The summed E-state index contributed by atoms with van der Waals surface area (Å²) in [6.45, 7) is 2.30. The maximum absolute atomic E-state index is 13.0. The largest absolute Gasteiger partial charge is 0.394 e. The van der Waals surface area contributed by atoms with Gasteiger partial charge in [-0.25, -0.2) is 8.42 Å². The summed E-state index contributed by atoms with van der Waals surface area (Å²) in [5.74, 6) is 0. The summed E-state index contributed by atoms with van der Waals surface area (Å²) >= 11 is 2.95. The van der Waals surface area contributed by atoms with Crippen molar-refractivity contribution in [3.63, 3.8) is 0 Å². The van der Waals surface area contributed by atoms with Gasteiger partial charge in [0.05, 0.1) is 36.6 Å². The quantitative estimate of drug-likeness (QED) is 0.491. The van der Waals surface area contributed by atoms with Gasteiger partial charge in [-0.05, 0) is 23.6 Å². The van der Waals surface area contributed by atoms with Crippen LogP contribution in [0.1, 0.15) is 18.5 Å². The van der Waals surface area contributed by atoms with Crippen molar-refractivity contribution in [2.75, 3.05) is 37.6 Å². The third-order valence-electron chi connectivity index (χ3n) is 5.79. The predicted molar refractivity (Wildman–Crippen MR) is 136 cm³/mol. The number of benzene rings is 1. The van der Waals surface area contributed by atoms with Crippen molar-refractivity contribution >= 4 is 60.5 Å². The Morgan fingerprint density at radius 2 is 2.18 bits per heavy atom. The van der Waals surface area contributed by atoms with Crippen LogP contribution in [0, 0.1) is 0 Å². The Morgan fingerprint density at radius 3 is 2.97 bits per heavy atom. The van der Waals surface area contributed by atoms with Crippen LogP contribution in [0.3, 0.4) is 0 Å². The lowest BCUT2D eigenvalue weighted by atomic mass is 10.1. The van der Waals surface area contributed by atoms with Gasteiger partial charge in [-0.1, -0.05) is 30.0 Å². The van der Waals surface area contributed by atoms with Gasteiger partial charge < -0.3 is 10.1 Å². The van der Waals surface area contributed by atoms with Crippen LogP contribution in [0.4, 0.5) is 5.69 Å². The van der Waals surface area contributed by atoms with Gasteiger partial charge in [-0.3, -0.25) is 14.3 Å². The van der Waals surface area contributed by atoms with Crippen molar-refractivity contribution in [2.24, 2.45) is 10.1 Å². The topological polar surface area (TPSA) is 101 Å². The number of anilines is 1. The first-order chi connectivity index (χ1) is 16.0. The van der Waals surface area contributed by atoms with Crippen LogP contribution in [0.5, 0.6) is 0 Å². The fourth-order valence-electron chi connectivity index (χ4n) is 4.11. The molecule has 0 radical (unpaired) electrons. The number of para-hydroxylation sites is 1. The van der Waals surface area contributed by atoms with Crippen LogP contribution in [0.25, 0.3) is 10.9 Å². The van der Waals surface area contributed by atoms with Crippen LogP contribution >= 0.6 is 23.1 Å². The fourth-order valence-corrected chi connectivity index (χ4v) is 7.60. The molecule has 2 aliphatic heterocycles. The smallest absolute Gasteiger partial charge is 0.273 e. The molecule has 1 atom stereocenters. The lowest BCUT2D eigenvalue weighted by Gasteiger charge is -2.19. The van der Waals surface area contributed by atoms with E-state index in [4.69, 9.17) is 10.1 Å². The normalized spacial score (nSPS) is 18.7. The molecular weight excluding hydrogens is 478 g/mol. The molecule has 0 spiro atoms. The Labute approximate surface area is 201 Å². The number of rotatable bonds is 8. The lowest BCUT2D eigenvalue weighted by Crippen LogP contribution is -2.26. The summed E-state index contributed by atoms with van der Waals surface area (Å²) in [7, 11) is -2.03. The van der Waals surface area contributed by atoms with Crippen molar-refractivity contribution < 1.29 is 13.5 Å². The minimum absolute atomic E-state index is 0.119. The first-order valence-electron chi connectivity index (χ1n) is 10.7. The van der Waals surface area contributed by atoms with Crippen molar-refractivity contribution in [1.82, 2.24) is 9.99 Å². The summed E-state index contributed by atoms with van der Waals surface area (Å²) in [5.41, 5.74) is 3.46. The van der Waals surface area contributed by atoms with Gasteiger partial charge in [0, 0.05) is 42.8 Å². The Bertz CT molecular complexity index is 1310. The number of H-pyrrole nitrogens is 1. The predicted octanol–water partition coefficient (Wildman–Crippen LogP) is 3.36. The van der Waals surface area contributed by atoms with E-state index in [1.807, 2.05) is 29.3 Å². The van der Waals surface area contributed by atoms with Gasteiger partial charge in [0.2, 0.25) is 0 Å². The van der Waals surface area contributed by atoms with Crippen LogP contribution < -0.4 is 4.31 Å². The van der Waals surface area contributed by atoms with Crippen LogP contribution in [-0.2, 0) is 10.0 Å². The van der Waals surface area contributed by atoms with E-state index in [1.165, 1.54) is 15.6 Å². The number of β-amino-alcohol motifs (C(OH)–C–C–N with tert-alkyl or cyclic N) is 1. The Balaban J connectivity index is 1.34. The number of fused-ring (bicyclic) bond motifs is 1. The molecule has 174 valence electrons. The van der Waals surface area contributed by atoms with Gasteiger partial charge in [0.25, 0.3) is 10.0 Å². The first kappa shape index (κ1) is 22.5. The average Bonchev–Trinajstić information content (AvgIpc) is 3.59. The van der Waals surface area contributed by atoms with Crippen molar-refractivity contribution in [3.8, 4) is 0 Å². The number of aliphatic hydroxyl groups is 1. The van der Waals surface area contributed by atoms with Crippen LogP contribution in [0.2, 0.25) is 0 Å². The van der Waals surface area contributed by atoms with Gasteiger partial charge in [0.1, 0.15) is 9.25 Å². The van der Waals surface area contributed by atoms with E-state index in [0.717, 1.165) is 53.3 Å². The molecule has 0 saturated heterocycles. The molecule has 2 aromatic heterocycles. The zero-order valence-corrected chi connectivity index (χ0v) is 20.6. The number of aromatic amines is 1. The first-order valence-corrected chi connectivity index (χ1v) is 13.9. The summed E-state index contributed by atoms with van der Waals surface area (Å²) in [6.07, 6.45) is 1.82. The number of nitrogens with zero attached hydrogens (tertiary/aromatic N) is 4.